The lowest BCUT2D eigenvalue weighted by Gasteiger charge is -2.17. The zero-order chi connectivity index (χ0) is 13.0. The van der Waals surface area contributed by atoms with Gasteiger partial charge in [0.15, 0.2) is 0 Å². The van der Waals surface area contributed by atoms with Gasteiger partial charge < -0.3 is 10.2 Å². The van der Waals surface area contributed by atoms with Gasteiger partial charge in [0.2, 0.25) is 0 Å². The van der Waals surface area contributed by atoms with Crippen molar-refractivity contribution in [2.75, 3.05) is 27.2 Å². The fourth-order valence-electron chi connectivity index (χ4n) is 1.75. The number of nitrogens with one attached hydrogen (secondary N) is 1. The van der Waals surface area contributed by atoms with E-state index in [4.69, 9.17) is 0 Å². The number of carbonyl (C=O) groups is 1. The second-order valence-corrected chi connectivity index (χ2v) is 4.06. The van der Waals surface area contributed by atoms with Gasteiger partial charge in [-0.3, -0.25) is 14.8 Å². The van der Waals surface area contributed by atoms with Crippen LogP contribution in [0.2, 0.25) is 0 Å². The summed E-state index contributed by atoms with van der Waals surface area (Å²) < 4.78 is 0. The van der Waals surface area contributed by atoms with Gasteiger partial charge in [-0.05, 0) is 19.2 Å². The molecule has 1 aromatic carbocycles. The Balaban J connectivity index is 2.33. The molecule has 0 unspecified atom stereocenters. The van der Waals surface area contributed by atoms with Crippen molar-refractivity contribution in [1.82, 2.24) is 20.2 Å². The van der Waals surface area contributed by atoms with Crippen LogP contribution in [0.4, 0.5) is 0 Å². The van der Waals surface area contributed by atoms with Gasteiger partial charge in [-0.1, -0.05) is 6.07 Å². The largest absolute Gasteiger partial charge is 0.340 e. The van der Waals surface area contributed by atoms with E-state index in [9.17, 15) is 4.79 Å². The van der Waals surface area contributed by atoms with E-state index in [2.05, 4.69) is 15.3 Å². The first-order chi connectivity index (χ1) is 8.74. The number of amides is 1. The lowest BCUT2D eigenvalue weighted by molar-refractivity contribution is 0.0798. The zero-order valence-electron chi connectivity index (χ0n) is 10.6. The summed E-state index contributed by atoms with van der Waals surface area (Å²) in [5.41, 5.74) is 1.99. The molecule has 18 heavy (non-hydrogen) atoms. The molecule has 0 atom stereocenters. The fraction of sp³-hybridized carbons (Fsp3) is 0.308. The first kappa shape index (κ1) is 12.4. The fourth-order valence-corrected chi connectivity index (χ4v) is 1.75. The third-order valence-electron chi connectivity index (χ3n) is 2.77. The molecule has 2 rings (SSSR count). The minimum atomic E-state index is -0.0312. The average molecular weight is 244 g/mol. The summed E-state index contributed by atoms with van der Waals surface area (Å²) in [4.78, 5) is 22.4. The molecule has 5 heteroatoms. The van der Waals surface area contributed by atoms with Crippen molar-refractivity contribution in [3.63, 3.8) is 0 Å². The van der Waals surface area contributed by atoms with Crippen LogP contribution in [0.3, 0.4) is 0 Å². The van der Waals surface area contributed by atoms with E-state index >= 15 is 0 Å². The zero-order valence-corrected chi connectivity index (χ0v) is 10.6. The number of benzene rings is 1. The highest BCUT2D eigenvalue weighted by Crippen LogP contribution is 2.15. The normalized spacial score (nSPS) is 10.6. The molecule has 0 aliphatic carbocycles. The number of carbonyl (C=O) groups excluding carboxylic acids is 1. The standard InChI is InChI=1S/C13H16N4O/c1-14-8-9-17(2)13(18)10-4-3-5-11-12(10)16-7-6-15-11/h3-7,14H,8-9H2,1-2H3. The Bertz CT molecular complexity index is 550. The van der Waals surface area contributed by atoms with E-state index in [1.165, 1.54) is 0 Å². The predicted molar refractivity (Wildman–Crippen MR) is 70.4 cm³/mol. The predicted octanol–water partition coefficient (Wildman–Crippen LogP) is 0.921. The number of nitrogens with zero attached hydrogens (tertiary/aromatic N) is 3. The van der Waals surface area contributed by atoms with Crippen LogP contribution in [-0.2, 0) is 0 Å². The Morgan fingerprint density at radius 2 is 2.11 bits per heavy atom. The summed E-state index contributed by atoms with van der Waals surface area (Å²) in [5.74, 6) is -0.0312. The summed E-state index contributed by atoms with van der Waals surface area (Å²) >= 11 is 0. The minimum absolute atomic E-state index is 0.0312. The van der Waals surface area contributed by atoms with Crippen molar-refractivity contribution < 1.29 is 4.79 Å². The molecule has 0 aliphatic heterocycles. The lowest BCUT2D eigenvalue weighted by atomic mass is 10.1. The quantitative estimate of drug-likeness (QED) is 0.869. The van der Waals surface area contributed by atoms with Gasteiger partial charge in [0.05, 0.1) is 11.1 Å². The topological polar surface area (TPSA) is 58.1 Å². The Kier molecular flexibility index (Phi) is 3.84. The maximum Gasteiger partial charge on any atom is 0.255 e. The van der Waals surface area contributed by atoms with E-state index in [1.807, 2.05) is 19.2 Å². The van der Waals surface area contributed by atoms with Crippen LogP contribution in [-0.4, -0.2) is 48.0 Å². The molecular weight excluding hydrogens is 228 g/mol. The average Bonchev–Trinajstić information content (AvgIpc) is 2.43. The molecule has 0 spiro atoms. The number of para-hydroxylation sites is 1. The summed E-state index contributed by atoms with van der Waals surface area (Å²) in [5, 5.41) is 3.02. The third-order valence-corrected chi connectivity index (χ3v) is 2.77. The first-order valence-electron chi connectivity index (χ1n) is 5.84. The molecule has 1 N–H and O–H groups in total. The van der Waals surface area contributed by atoms with Gasteiger partial charge in [-0.25, -0.2) is 0 Å². The Labute approximate surface area is 106 Å². The first-order valence-corrected chi connectivity index (χ1v) is 5.84. The van der Waals surface area contributed by atoms with Crippen molar-refractivity contribution in [2.24, 2.45) is 0 Å². The van der Waals surface area contributed by atoms with Crippen LogP contribution in [0, 0.1) is 0 Å². The number of hydrogen-bond acceptors (Lipinski definition) is 4. The summed E-state index contributed by atoms with van der Waals surface area (Å²) in [6.45, 7) is 1.42. The van der Waals surface area contributed by atoms with E-state index in [0.717, 1.165) is 12.1 Å². The number of likely N-dealkylation sites (N-methyl/N-ethyl adjacent to an activating group) is 2. The van der Waals surface area contributed by atoms with Crippen molar-refractivity contribution in [3.8, 4) is 0 Å². The molecular formula is C13H16N4O. The molecule has 2 aromatic rings. The number of rotatable bonds is 4. The number of aromatic nitrogens is 2. The molecule has 5 nitrogen and oxygen atoms in total. The molecule has 0 saturated carbocycles. The molecule has 1 aromatic heterocycles. The van der Waals surface area contributed by atoms with Crippen LogP contribution in [0.25, 0.3) is 11.0 Å². The number of fused-ring (bicyclic) bond motifs is 1. The van der Waals surface area contributed by atoms with Gasteiger partial charge in [0.1, 0.15) is 5.52 Å². The second-order valence-electron chi connectivity index (χ2n) is 4.06. The highest BCUT2D eigenvalue weighted by molar-refractivity contribution is 6.04. The molecule has 0 radical (unpaired) electrons. The highest BCUT2D eigenvalue weighted by Gasteiger charge is 2.15. The highest BCUT2D eigenvalue weighted by atomic mass is 16.2. The van der Waals surface area contributed by atoms with Gasteiger partial charge in [0, 0.05) is 32.5 Å². The van der Waals surface area contributed by atoms with Gasteiger partial charge in [-0.15, -0.1) is 0 Å². The van der Waals surface area contributed by atoms with Crippen LogP contribution in [0.1, 0.15) is 10.4 Å². The maximum absolute atomic E-state index is 12.3. The van der Waals surface area contributed by atoms with Crippen molar-refractivity contribution >= 4 is 16.9 Å². The monoisotopic (exact) mass is 244 g/mol. The lowest BCUT2D eigenvalue weighted by Crippen LogP contribution is -2.32. The summed E-state index contributed by atoms with van der Waals surface area (Å²) in [6.07, 6.45) is 3.23. The van der Waals surface area contributed by atoms with Crippen LogP contribution < -0.4 is 5.32 Å². The van der Waals surface area contributed by atoms with E-state index < -0.39 is 0 Å². The molecule has 0 aliphatic rings. The van der Waals surface area contributed by atoms with Crippen molar-refractivity contribution in [2.45, 2.75) is 0 Å². The molecule has 94 valence electrons. The van der Waals surface area contributed by atoms with Gasteiger partial charge in [0.25, 0.3) is 5.91 Å². The SMILES string of the molecule is CNCCN(C)C(=O)c1cccc2nccnc12. The van der Waals surface area contributed by atoms with Crippen molar-refractivity contribution in [3.05, 3.63) is 36.2 Å². The van der Waals surface area contributed by atoms with Gasteiger partial charge >= 0.3 is 0 Å². The third kappa shape index (κ3) is 2.46. The summed E-state index contributed by atoms with van der Waals surface area (Å²) in [7, 11) is 3.65. The molecule has 0 fully saturated rings. The Hall–Kier alpha value is -2.01. The maximum atomic E-state index is 12.3. The molecule has 0 saturated heterocycles. The number of hydrogen-bond donors (Lipinski definition) is 1. The summed E-state index contributed by atoms with van der Waals surface area (Å²) in [6, 6.07) is 5.47. The Morgan fingerprint density at radius 1 is 1.33 bits per heavy atom. The molecule has 1 heterocycles. The Morgan fingerprint density at radius 3 is 2.89 bits per heavy atom. The van der Waals surface area contributed by atoms with E-state index in [0.29, 0.717) is 17.6 Å². The smallest absolute Gasteiger partial charge is 0.255 e. The van der Waals surface area contributed by atoms with Crippen LogP contribution >= 0.6 is 0 Å². The van der Waals surface area contributed by atoms with Crippen LogP contribution in [0.15, 0.2) is 30.6 Å². The second kappa shape index (κ2) is 5.55. The van der Waals surface area contributed by atoms with Gasteiger partial charge in [-0.2, -0.15) is 0 Å². The van der Waals surface area contributed by atoms with Crippen LogP contribution in [0.5, 0.6) is 0 Å². The van der Waals surface area contributed by atoms with Crippen molar-refractivity contribution in [1.29, 1.82) is 0 Å². The minimum Gasteiger partial charge on any atom is -0.340 e. The molecule has 0 bridgehead atoms. The van der Waals surface area contributed by atoms with E-state index in [-0.39, 0.29) is 5.91 Å². The molecule has 1 amide bonds. The van der Waals surface area contributed by atoms with E-state index in [1.54, 1.807) is 30.4 Å².